The zero-order valence-corrected chi connectivity index (χ0v) is 11.8. The molecule has 0 aliphatic heterocycles. The Morgan fingerprint density at radius 3 is 2.55 bits per heavy atom. The van der Waals surface area contributed by atoms with Crippen molar-refractivity contribution in [3.05, 3.63) is 66.0 Å². The SMILES string of the molecule is C/C(=N/n1nnnc1Nc1ccccc1)c1ccc(F)cc1. The molecule has 0 aliphatic carbocycles. The summed E-state index contributed by atoms with van der Waals surface area (Å²) in [6, 6.07) is 15.6. The number of rotatable bonds is 4. The van der Waals surface area contributed by atoms with Crippen molar-refractivity contribution in [2.45, 2.75) is 6.92 Å². The molecule has 6 nitrogen and oxygen atoms in total. The molecular weight excluding hydrogens is 283 g/mol. The van der Waals surface area contributed by atoms with Crippen LogP contribution in [0.3, 0.4) is 0 Å². The lowest BCUT2D eigenvalue weighted by Crippen LogP contribution is -2.05. The molecule has 1 N–H and O–H groups in total. The van der Waals surface area contributed by atoms with Crippen molar-refractivity contribution < 1.29 is 4.39 Å². The molecule has 0 fully saturated rings. The van der Waals surface area contributed by atoms with E-state index in [9.17, 15) is 4.39 Å². The van der Waals surface area contributed by atoms with Gasteiger partial charge in [0.1, 0.15) is 5.82 Å². The van der Waals surface area contributed by atoms with Crippen LogP contribution < -0.4 is 5.32 Å². The maximum atomic E-state index is 12.9. The number of para-hydroxylation sites is 1. The molecule has 0 amide bonds. The average Bonchev–Trinajstić information content (AvgIpc) is 2.96. The summed E-state index contributed by atoms with van der Waals surface area (Å²) < 4.78 is 12.9. The molecule has 110 valence electrons. The van der Waals surface area contributed by atoms with E-state index in [0.29, 0.717) is 11.7 Å². The van der Waals surface area contributed by atoms with Crippen LogP contribution in [0.5, 0.6) is 0 Å². The van der Waals surface area contributed by atoms with Crippen molar-refractivity contribution in [3.63, 3.8) is 0 Å². The second-order valence-electron chi connectivity index (χ2n) is 4.58. The Morgan fingerprint density at radius 2 is 1.82 bits per heavy atom. The number of nitrogens with one attached hydrogen (secondary N) is 1. The van der Waals surface area contributed by atoms with Gasteiger partial charge < -0.3 is 5.32 Å². The minimum Gasteiger partial charge on any atom is -0.321 e. The summed E-state index contributed by atoms with van der Waals surface area (Å²) in [5.41, 5.74) is 2.32. The second-order valence-corrected chi connectivity index (χ2v) is 4.58. The van der Waals surface area contributed by atoms with E-state index in [1.165, 1.54) is 16.9 Å². The summed E-state index contributed by atoms with van der Waals surface area (Å²) in [5.74, 6) is 0.109. The molecule has 7 heteroatoms. The number of hydrogen-bond acceptors (Lipinski definition) is 5. The van der Waals surface area contributed by atoms with Gasteiger partial charge in [0.15, 0.2) is 0 Å². The number of benzene rings is 2. The number of halogens is 1. The summed E-state index contributed by atoms with van der Waals surface area (Å²) in [6.45, 7) is 1.81. The van der Waals surface area contributed by atoms with E-state index >= 15 is 0 Å². The van der Waals surface area contributed by atoms with Gasteiger partial charge in [-0.2, -0.15) is 5.10 Å². The van der Waals surface area contributed by atoms with E-state index in [0.717, 1.165) is 11.3 Å². The second kappa shape index (κ2) is 6.13. The average molecular weight is 296 g/mol. The number of hydrogen-bond donors (Lipinski definition) is 1. The Morgan fingerprint density at radius 1 is 1.09 bits per heavy atom. The van der Waals surface area contributed by atoms with Crippen LogP contribution in [0.15, 0.2) is 59.7 Å². The first-order valence-corrected chi connectivity index (χ1v) is 6.64. The summed E-state index contributed by atoms with van der Waals surface area (Å²) in [6.07, 6.45) is 0. The summed E-state index contributed by atoms with van der Waals surface area (Å²) >= 11 is 0. The summed E-state index contributed by atoms with van der Waals surface area (Å²) in [4.78, 5) is 1.30. The van der Waals surface area contributed by atoms with Crippen LogP contribution in [0.4, 0.5) is 16.0 Å². The van der Waals surface area contributed by atoms with Crippen LogP contribution in [0, 0.1) is 5.82 Å². The van der Waals surface area contributed by atoms with Crippen molar-refractivity contribution in [2.24, 2.45) is 5.10 Å². The Hall–Kier alpha value is -3.09. The lowest BCUT2D eigenvalue weighted by molar-refractivity contribution is 0.627. The monoisotopic (exact) mass is 296 g/mol. The molecule has 0 bridgehead atoms. The fourth-order valence-electron chi connectivity index (χ4n) is 1.87. The maximum Gasteiger partial charge on any atom is 0.269 e. The van der Waals surface area contributed by atoms with Gasteiger partial charge in [0.05, 0.1) is 5.71 Å². The van der Waals surface area contributed by atoms with Crippen molar-refractivity contribution in [3.8, 4) is 0 Å². The number of tetrazole rings is 1. The van der Waals surface area contributed by atoms with Crippen molar-refractivity contribution in [2.75, 3.05) is 5.32 Å². The van der Waals surface area contributed by atoms with E-state index in [-0.39, 0.29) is 5.82 Å². The Balaban J connectivity index is 1.85. The van der Waals surface area contributed by atoms with Gasteiger partial charge in [-0.1, -0.05) is 40.2 Å². The molecule has 0 saturated heterocycles. The van der Waals surface area contributed by atoms with Gasteiger partial charge in [-0.25, -0.2) is 4.39 Å². The molecule has 0 spiro atoms. The highest BCUT2D eigenvalue weighted by molar-refractivity contribution is 5.98. The zero-order valence-electron chi connectivity index (χ0n) is 11.8. The van der Waals surface area contributed by atoms with E-state index < -0.39 is 0 Å². The quantitative estimate of drug-likeness (QED) is 0.752. The van der Waals surface area contributed by atoms with Crippen molar-refractivity contribution in [1.29, 1.82) is 0 Å². The molecule has 0 saturated carbocycles. The zero-order chi connectivity index (χ0) is 15.4. The minimum atomic E-state index is -0.287. The van der Waals surface area contributed by atoms with Crippen LogP contribution in [0.1, 0.15) is 12.5 Å². The van der Waals surface area contributed by atoms with Gasteiger partial charge in [0.25, 0.3) is 5.95 Å². The molecule has 0 unspecified atom stereocenters. The molecule has 3 aromatic rings. The molecule has 1 aromatic heterocycles. The van der Waals surface area contributed by atoms with Gasteiger partial charge >= 0.3 is 0 Å². The maximum absolute atomic E-state index is 12.9. The third kappa shape index (κ3) is 3.14. The lowest BCUT2D eigenvalue weighted by Gasteiger charge is -2.04. The Bertz CT molecular complexity index is 779. The predicted octanol–water partition coefficient (Wildman–Crippen LogP) is 2.83. The first-order valence-electron chi connectivity index (χ1n) is 6.64. The fraction of sp³-hybridized carbons (Fsp3) is 0.0667. The Kier molecular flexibility index (Phi) is 3.86. The molecule has 3 rings (SSSR count). The van der Waals surface area contributed by atoms with Gasteiger partial charge in [0.2, 0.25) is 0 Å². The molecule has 0 atom stereocenters. The Labute approximate surface area is 126 Å². The van der Waals surface area contributed by atoms with Gasteiger partial charge in [-0.3, -0.25) is 0 Å². The summed E-state index contributed by atoms with van der Waals surface area (Å²) in [5, 5.41) is 18.7. The van der Waals surface area contributed by atoms with E-state index in [1.54, 1.807) is 19.1 Å². The first kappa shape index (κ1) is 13.9. The third-order valence-corrected chi connectivity index (χ3v) is 2.99. The van der Waals surface area contributed by atoms with E-state index in [2.05, 4.69) is 25.9 Å². The highest BCUT2D eigenvalue weighted by Gasteiger charge is 2.06. The number of anilines is 2. The molecule has 1 heterocycles. The standard InChI is InChI=1S/C15H13FN6/c1-11(12-7-9-13(16)10-8-12)19-22-15(18-20-21-22)17-14-5-3-2-4-6-14/h2-10H,1H3,(H,17,18,21)/b19-11-. The van der Waals surface area contributed by atoms with E-state index in [1.807, 2.05) is 30.3 Å². The number of aromatic nitrogens is 4. The summed E-state index contributed by atoms with van der Waals surface area (Å²) in [7, 11) is 0. The van der Waals surface area contributed by atoms with Gasteiger partial charge in [-0.05, 0) is 47.2 Å². The van der Waals surface area contributed by atoms with Gasteiger partial charge in [0, 0.05) is 5.69 Å². The molecule has 22 heavy (non-hydrogen) atoms. The highest BCUT2D eigenvalue weighted by atomic mass is 19.1. The van der Waals surface area contributed by atoms with Crippen LogP contribution in [-0.4, -0.2) is 26.0 Å². The smallest absolute Gasteiger partial charge is 0.269 e. The fourth-order valence-corrected chi connectivity index (χ4v) is 1.87. The first-order chi connectivity index (χ1) is 10.7. The molecular formula is C15H13FN6. The van der Waals surface area contributed by atoms with Crippen LogP contribution in [0.25, 0.3) is 0 Å². The topological polar surface area (TPSA) is 68.0 Å². The van der Waals surface area contributed by atoms with Crippen LogP contribution in [-0.2, 0) is 0 Å². The van der Waals surface area contributed by atoms with Gasteiger partial charge in [-0.15, -0.1) is 0 Å². The number of nitrogens with zero attached hydrogens (tertiary/aromatic N) is 5. The molecule has 0 radical (unpaired) electrons. The minimum absolute atomic E-state index is 0.287. The normalized spacial score (nSPS) is 11.5. The lowest BCUT2D eigenvalue weighted by atomic mass is 10.1. The van der Waals surface area contributed by atoms with Crippen LogP contribution >= 0.6 is 0 Å². The largest absolute Gasteiger partial charge is 0.321 e. The van der Waals surface area contributed by atoms with Crippen molar-refractivity contribution in [1.82, 2.24) is 20.3 Å². The van der Waals surface area contributed by atoms with E-state index in [4.69, 9.17) is 0 Å². The molecule has 0 aliphatic rings. The van der Waals surface area contributed by atoms with Crippen molar-refractivity contribution >= 4 is 17.3 Å². The van der Waals surface area contributed by atoms with Crippen LogP contribution in [0.2, 0.25) is 0 Å². The highest BCUT2D eigenvalue weighted by Crippen LogP contribution is 2.13. The third-order valence-electron chi connectivity index (χ3n) is 2.99. The predicted molar refractivity (Wildman–Crippen MR) is 81.6 cm³/mol. The molecule has 2 aromatic carbocycles.